The smallest absolute Gasteiger partial charge is 0.338 e. The molecule has 3 fully saturated rings. The Morgan fingerprint density at radius 2 is 1.80 bits per heavy atom. The van der Waals surface area contributed by atoms with Crippen molar-refractivity contribution in [1.82, 2.24) is 25.0 Å². The summed E-state index contributed by atoms with van der Waals surface area (Å²) in [4.78, 5) is 29.4. The SMILES string of the molecule is CC1OC(=O)c2ccc(Nc3ncc(-c4nc(C56CCN(CC5)CC6)no4)c(N[C@H](CO)c4ccccc4)n3)cc2C1(C)C. The lowest BCUT2D eigenvalue weighted by atomic mass is 9.71. The number of carbonyl (C=O) groups excluding carboxylic acids is 1. The van der Waals surface area contributed by atoms with E-state index in [1.54, 1.807) is 12.3 Å². The molecule has 8 rings (SSSR count). The molecule has 11 nitrogen and oxygen atoms in total. The fourth-order valence-corrected chi connectivity index (χ4v) is 6.56. The van der Waals surface area contributed by atoms with E-state index in [0.29, 0.717) is 28.8 Å². The zero-order chi connectivity index (χ0) is 30.5. The maximum atomic E-state index is 12.5. The lowest BCUT2D eigenvalue weighted by Gasteiger charge is -2.46. The predicted molar refractivity (Wildman–Crippen MR) is 165 cm³/mol. The Kier molecular flexibility index (Phi) is 7.09. The number of piperidine rings is 3. The molecule has 3 saturated heterocycles. The molecule has 0 radical (unpaired) electrons. The average molecular weight is 596 g/mol. The number of aliphatic hydroxyl groups is 1. The third kappa shape index (κ3) is 4.99. The Labute approximate surface area is 256 Å². The minimum Gasteiger partial charge on any atom is -0.458 e. The Morgan fingerprint density at radius 3 is 2.52 bits per heavy atom. The van der Waals surface area contributed by atoms with Crippen LogP contribution in [0.3, 0.4) is 0 Å². The first-order valence-electron chi connectivity index (χ1n) is 15.2. The highest BCUT2D eigenvalue weighted by Crippen LogP contribution is 2.43. The molecule has 4 aliphatic heterocycles. The van der Waals surface area contributed by atoms with Crippen LogP contribution in [0.15, 0.2) is 59.3 Å². The van der Waals surface area contributed by atoms with Crippen molar-refractivity contribution >= 4 is 23.4 Å². The number of carbonyl (C=O) groups is 1. The van der Waals surface area contributed by atoms with Gasteiger partial charge in [0.2, 0.25) is 5.95 Å². The fourth-order valence-electron chi connectivity index (χ4n) is 6.56. The largest absolute Gasteiger partial charge is 0.458 e. The van der Waals surface area contributed by atoms with Crippen LogP contribution in [-0.4, -0.2) is 68.4 Å². The molecule has 44 heavy (non-hydrogen) atoms. The van der Waals surface area contributed by atoms with Crippen LogP contribution in [0.25, 0.3) is 11.5 Å². The zero-order valence-electron chi connectivity index (χ0n) is 25.2. The van der Waals surface area contributed by atoms with Gasteiger partial charge in [-0.3, -0.25) is 0 Å². The van der Waals surface area contributed by atoms with Gasteiger partial charge in [0.25, 0.3) is 5.89 Å². The van der Waals surface area contributed by atoms with E-state index in [1.807, 2.05) is 49.4 Å². The van der Waals surface area contributed by atoms with Crippen molar-refractivity contribution < 1.29 is 19.2 Å². The molecule has 0 amide bonds. The minimum atomic E-state index is -0.432. The van der Waals surface area contributed by atoms with Gasteiger partial charge < -0.3 is 29.9 Å². The van der Waals surface area contributed by atoms with Gasteiger partial charge in [-0.1, -0.05) is 49.3 Å². The van der Waals surface area contributed by atoms with Crippen LogP contribution in [0.4, 0.5) is 17.5 Å². The summed E-state index contributed by atoms with van der Waals surface area (Å²) in [5.41, 5.74) is 3.23. The Hall–Kier alpha value is -4.35. The van der Waals surface area contributed by atoms with Crippen molar-refractivity contribution in [2.45, 2.75) is 63.0 Å². The number of hydrogen-bond donors (Lipinski definition) is 3. The van der Waals surface area contributed by atoms with Crippen molar-refractivity contribution in [1.29, 1.82) is 0 Å². The molecule has 2 aromatic carbocycles. The van der Waals surface area contributed by atoms with Crippen molar-refractivity contribution in [3.8, 4) is 11.5 Å². The molecule has 4 aromatic rings. The van der Waals surface area contributed by atoms with Crippen LogP contribution in [0.1, 0.15) is 73.4 Å². The average Bonchev–Trinajstić information content (AvgIpc) is 3.55. The van der Waals surface area contributed by atoms with E-state index in [4.69, 9.17) is 19.2 Å². The monoisotopic (exact) mass is 595 g/mol. The summed E-state index contributed by atoms with van der Waals surface area (Å²) < 4.78 is 11.4. The summed E-state index contributed by atoms with van der Waals surface area (Å²) in [7, 11) is 0. The zero-order valence-corrected chi connectivity index (χ0v) is 25.2. The number of anilines is 3. The van der Waals surface area contributed by atoms with E-state index in [1.165, 1.54) is 0 Å². The third-order valence-electron chi connectivity index (χ3n) is 9.82. The standard InChI is InChI=1S/C33H37N7O4/c1-20-32(2,3)25-17-22(9-10-23(25)29(42)43-20)35-31-34-18-24(27(37-31)36-26(19-41)21-7-5-4-6-8-21)28-38-30(39-44-28)33-11-14-40(15-12-33)16-13-33/h4-10,17-18,20,26,41H,11-16,19H2,1-3H3,(H2,34,35,36,37)/t20?,26-/m1/s1. The third-order valence-corrected chi connectivity index (χ3v) is 9.82. The number of esters is 1. The van der Waals surface area contributed by atoms with E-state index >= 15 is 0 Å². The van der Waals surface area contributed by atoms with E-state index in [0.717, 1.165) is 61.5 Å². The first-order chi connectivity index (χ1) is 21.3. The molecular formula is C33H37N7O4. The second-order valence-corrected chi connectivity index (χ2v) is 12.7. The Morgan fingerprint density at radius 1 is 1.05 bits per heavy atom. The maximum absolute atomic E-state index is 12.5. The first-order valence-corrected chi connectivity index (χ1v) is 15.2. The number of nitrogens with zero attached hydrogens (tertiary/aromatic N) is 5. The van der Waals surface area contributed by atoms with Gasteiger partial charge >= 0.3 is 5.97 Å². The molecule has 0 aliphatic carbocycles. The topological polar surface area (TPSA) is 139 Å². The molecule has 2 atom stereocenters. The summed E-state index contributed by atoms with van der Waals surface area (Å²) in [5.74, 6) is 1.55. The fraction of sp³-hybridized carbons (Fsp3) is 0.424. The molecule has 0 spiro atoms. The number of rotatable bonds is 8. The van der Waals surface area contributed by atoms with Crippen molar-refractivity contribution in [3.05, 3.63) is 77.2 Å². The second kappa shape index (κ2) is 11.0. The number of aliphatic hydroxyl groups excluding tert-OH is 1. The Balaban J connectivity index is 1.24. The number of hydrogen-bond acceptors (Lipinski definition) is 11. The molecule has 6 heterocycles. The molecule has 2 aromatic heterocycles. The highest BCUT2D eigenvalue weighted by Gasteiger charge is 2.44. The quantitative estimate of drug-likeness (QED) is 0.238. The van der Waals surface area contributed by atoms with E-state index in [9.17, 15) is 9.90 Å². The van der Waals surface area contributed by atoms with Gasteiger partial charge in [0.15, 0.2) is 5.82 Å². The van der Waals surface area contributed by atoms with Gasteiger partial charge in [-0.05, 0) is 75.1 Å². The van der Waals surface area contributed by atoms with Gasteiger partial charge in [-0.2, -0.15) is 9.97 Å². The maximum Gasteiger partial charge on any atom is 0.338 e. The number of cyclic esters (lactones) is 1. The summed E-state index contributed by atoms with van der Waals surface area (Å²) >= 11 is 0. The normalized spacial score (nSPS) is 24.3. The number of ether oxygens (including phenoxy) is 1. The lowest BCUT2D eigenvalue weighted by Crippen LogP contribution is -2.51. The van der Waals surface area contributed by atoms with Crippen molar-refractivity contribution in [3.63, 3.8) is 0 Å². The number of benzene rings is 2. The molecule has 3 N–H and O–H groups in total. The highest BCUT2D eigenvalue weighted by molar-refractivity contribution is 5.93. The molecule has 11 heteroatoms. The molecule has 2 bridgehead atoms. The van der Waals surface area contributed by atoms with E-state index in [2.05, 4.69) is 39.5 Å². The van der Waals surface area contributed by atoms with Crippen molar-refractivity contribution in [2.24, 2.45) is 0 Å². The Bertz CT molecular complexity index is 1670. The van der Waals surface area contributed by atoms with Crippen LogP contribution in [-0.2, 0) is 15.6 Å². The summed E-state index contributed by atoms with van der Waals surface area (Å²) in [6, 6.07) is 14.8. The predicted octanol–water partition coefficient (Wildman–Crippen LogP) is 4.99. The number of nitrogens with one attached hydrogen (secondary N) is 2. The second-order valence-electron chi connectivity index (χ2n) is 12.7. The van der Waals surface area contributed by atoms with Gasteiger partial charge in [0, 0.05) is 22.7 Å². The highest BCUT2D eigenvalue weighted by atomic mass is 16.5. The van der Waals surface area contributed by atoms with Gasteiger partial charge in [-0.15, -0.1) is 0 Å². The minimum absolute atomic E-state index is 0.0612. The molecule has 0 saturated carbocycles. The van der Waals surface area contributed by atoms with E-state index < -0.39 is 6.04 Å². The summed E-state index contributed by atoms with van der Waals surface area (Å²) in [5, 5.41) is 21.5. The first kappa shape index (κ1) is 28.4. The molecule has 228 valence electrons. The van der Waals surface area contributed by atoms with Crippen LogP contribution in [0.2, 0.25) is 0 Å². The van der Waals surface area contributed by atoms with Crippen LogP contribution >= 0.6 is 0 Å². The van der Waals surface area contributed by atoms with Crippen LogP contribution < -0.4 is 10.6 Å². The molecule has 1 unspecified atom stereocenters. The van der Waals surface area contributed by atoms with Crippen LogP contribution in [0, 0.1) is 0 Å². The number of aromatic nitrogens is 4. The lowest BCUT2D eigenvalue weighted by molar-refractivity contribution is 0.00969. The summed E-state index contributed by atoms with van der Waals surface area (Å²) in [6.07, 6.45) is 4.45. The van der Waals surface area contributed by atoms with E-state index in [-0.39, 0.29) is 29.5 Å². The van der Waals surface area contributed by atoms with Gasteiger partial charge in [0.05, 0.1) is 18.2 Å². The summed E-state index contributed by atoms with van der Waals surface area (Å²) in [6.45, 7) is 9.03. The molecule has 4 aliphatic rings. The molecular weight excluding hydrogens is 558 g/mol. The van der Waals surface area contributed by atoms with Gasteiger partial charge in [-0.25, -0.2) is 9.78 Å². The number of fused-ring (bicyclic) bond motifs is 4. The van der Waals surface area contributed by atoms with Crippen LogP contribution in [0.5, 0.6) is 0 Å². The van der Waals surface area contributed by atoms with Crippen molar-refractivity contribution in [2.75, 3.05) is 36.9 Å². The van der Waals surface area contributed by atoms with Gasteiger partial charge in [0.1, 0.15) is 17.5 Å².